The number of hydrogen-bond acceptors (Lipinski definition) is 4. The zero-order valence-electron chi connectivity index (χ0n) is 8.84. The molecule has 8 N–H and O–H groups in total. The Bertz CT molecular complexity index is 336. The highest BCUT2D eigenvalue weighted by molar-refractivity contribution is 7.79. The first kappa shape index (κ1) is 19.6. The molecule has 1 rings (SSSR count). The van der Waals surface area contributed by atoms with E-state index in [0.29, 0.717) is 0 Å². The van der Waals surface area contributed by atoms with Crippen molar-refractivity contribution in [3.8, 4) is 0 Å². The van der Waals surface area contributed by atoms with Gasteiger partial charge in [-0.05, 0) is 25.0 Å². The van der Waals surface area contributed by atoms with Crippen molar-refractivity contribution < 1.29 is 17.5 Å². The van der Waals surface area contributed by atoms with Crippen molar-refractivity contribution in [2.24, 2.45) is 0 Å². The maximum atomic E-state index is 8.74. The molecule has 0 amide bonds. The third-order valence-corrected chi connectivity index (χ3v) is 1.43. The van der Waals surface area contributed by atoms with Gasteiger partial charge in [-0.15, -0.1) is 0 Å². The van der Waals surface area contributed by atoms with Gasteiger partial charge in [0.2, 0.25) is 0 Å². The SMILES string of the molecule is Cc1ccccc1C.N.N.O=S(=O)(O)O. The highest BCUT2D eigenvalue weighted by atomic mass is 32.3. The molecule has 90 valence electrons. The van der Waals surface area contributed by atoms with Crippen molar-refractivity contribution >= 4 is 10.4 Å². The van der Waals surface area contributed by atoms with Crippen LogP contribution in [-0.4, -0.2) is 17.5 Å². The van der Waals surface area contributed by atoms with E-state index < -0.39 is 10.4 Å². The van der Waals surface area contributed by atoms with Crippen LogP contribution in [0, 0.1) is 13.8 Å². The second-order valence-corrected chi connectivity index (χ2v) is 3.43. The number of benzene rings is 1. The van der Waals surface area contributed by atoms with E-state index in [4.69, 9.17) is 17.5 Å². The Balaban J connectivity index is -0.000000185. The van der Waals surface area contributed by atoms with Crippen LogP contribution >= 0.6 is 0 Å². The van der Waals surface area contributed by atoms with Crippen LogP contribution in [0.4, 0.5) is 0 Å². The molecule has 0 heterocycles. The molecule has 15 heavy (non-hydrogen) atoms. The molecule has 0 fully saturated rings. The lowest BCUT2D eigenvalue weighted by Gasteiger charge is -1.93. The highest BCUT2D eigenvalue weighted by Crippen LogP contribution is 2.02. The van der Waals surface area contributed by atoms with E-state index in [0.717, 1.165) is 0 Å². The lowest BCUT2D eigenvalue weighted by Crippen LogP contribution is -1.89. The molecule has 6 nitrogen and oxygen atoms in total. The van der Waals surface area contributed by atoms with Crippen molar-refractivity contribution in [1.82, 2.24) is 12.3 Å². The summed E-state index contributed by atoms with van der Waals surface area (Å²) in [5.74, 6) is 0. The molecule has 0 aliphatic carbocycles. The van der Waals surface area contributed by atoms with E-state index in [9.17, 15) is 0 Å². The van der Waals surface area contributed by atoms with Gasteiger partial charge in [0.1, 0.15) is 0 Å². The fraction of sp³-hybridized carbons (Fsp3) is 0.250. The fourth-order valence-electron chi connectivity index (χ4n) is 0.663. The third kappa shape index (κ3) is 15.7. The third-order valence-electron chi connectivity index (χ3n) is 1.43. The molecule has 0 atom stereocenters. The molecule has 0 aliphatic rings. The summed E-state index contributed by atoms with van der Waals surface area (Å²) in [6.45, 7) is 4.24. The van der Waals surface area contributed by atoms with E-state index >= 15 is 0 Å². The summed E-state index contributed by atoms with van der Waals surface area (Å²) >= 11 is 0. The summed E-state index contributed by atoms with van der Waals surface area (Å²) in [6, 6.07) is 8.36. The number of hydrogen-bond donors (Lipinski definition) is 4. The van der Waals surface area contributed by atoms with Gasteiger partial charge in [0.05, 0.1) is 0 Å². The van der Waals surface area contributed by atoms with E-state index in [-0.39, 0.29) is 12.3 Å². The molecule has 0 unspecified atom stereocenters. The zero-order chi connectivity index (χ0) is 10.5. The lowest BCUT2D eigenvalue weighted by atomic mass is 10.1. The molecule has 1 aromatic rings. The topological polar surface area (TPSA) is 145 Å². The van der Waals surface area contributed by atoms with Gasteiger partial charge in [0.25, 0.3) is 0 Å². The minimum Gasteiger partial charge on any atom is -0.344 e. The molecule has 0 bridgehead atoms. The van der Waals surface area contributed by atoms with Crippen molar-refractivity contribution in [3.05, 3.63) is 35.4 Å². The van der Waals surface area contributed by atoms with Gasteiger partial charge < -0.3 is 12.3 Å². The van der Waals surface area contributed by atoms with Crippen LogP contribution < -0.4 is 12.3 Å². The summed E-state index contributed by atoms with van der Waals surface area (Å²) in [6.07, 6.45) is 0. The summed E-state index contributed by atoms with van der Waals surface area (Å²) in [5, 5.41) is 0. The van der Waals surface area contributed by atoms with Gasteiger partial charge in [-0.1, -0.05) is 24.3 Å². The van der Waals surface area contributed by atoms with Gasteiger partial charge in [-0.3, -0.25) is 9.11 Å². The molecule has 7 heteroatoms. The van der Waals surface area contributed by atoms with Gasteiger partial charge in [-0.25, -0.2) is 0 Å². The maximum absolute atomic E-state index is 8.74. The highest BCUT2D eigenvalue weighted by Gasteiger charge is 1.85. The van der Waals surface area contributed by atoms with Crippen molar-refractivity contribution in [2.75, 3.05) is 0 Å². The Morgan fingerprint density at radius 1 is 0.933 bits per heavy atom. The smallest absolute Gasteiger partial charge is 0.344 e. The average molecular weight is 238 g/mol. The molecule has 0 spiro atoms. The van der Waals surface area contributed by atoms with Gasteiger partial charge >= 0.3 is 10.4 Å². The minimum atomic E-state index is -4.67. The Morgan fingerprint density at radius 2 is 1.13 bits per heavy atom. The van der Waals surface area contributed by atoms with Crippen molar-refractivity contribution in [3.63, 3.8) is 0 Å². The summed E-state index contributed by atoms with van der Waals surface area (Å²) in [4.78, 5) is 0. The Morgan fingerprint density at radius 3 is 1.27 bits per heavy atom. The number of rotatable bonds is 0. The Kier molecular flexibility index (Phi) is 10.9. The Hall–Kier alpha value is -0.990. The predicted molar refractivity (Wildman–Crippen MR) is 60.1 cm³/mol. The summed E-state index contributed by atoms with van der Waals surface area (Å²) in [7, 11) is -4.67. The largest absolute Gasteiger partial charge is 0.394 e. The minimum absolute atomic E-state index is 0. The second kappa shape index (κ2) is 8.33. The zero-order valence-corrected chi connectivity index (χ0v) is 9.66. The average Bonchev–Trinajstić information content (AvgIpc) is 1.92. The molecule has 0 saturated carbocycles. The molecular weight excluding hydrogens is 220 g/mol. The van der Waals surface area contributed by atoms with Gasteiger partial charge in [-0.2, -0.15) is 8.42 Å². The van der Waals surface area contributed by atoms with Crippen LogP contribution in [0.1, 0.15) is 11.1 Å². The van der Waals surface area contributed by atoms with E-state index in [1.165, 1.54) is 11.1 Å². The molecule has 0 aliphatic heterocycles. The molecule has 0 saturated heterocycles. The molecule has 0 aromatic heterocycles. The van der Waals surface area contributed by atoms with Crippen LogP contribution in [-0.2, 0) is 10.4 Å². The molecule has 1 aromatic carbocycles. The quantitative estimate of drug-likeness (QED) is 0.508. The Labute approximate surface area is 90.1 Å². The van der Waals surface area contributed by atoms with Crippen LogP contribution in [0.5, 0.6) is 0 Å². The first-order valence-electron chi connectivity index (χ1n) is 3.53. The van der Waals surface area contributed by atoms with Crippen LogP contribution in [0.3, 0.4) is 0 Å². The standard InChI is InChI=1S/C8H10.2H3N.H2O4S/c1-7-5-3-4-6-8(7)2;;;1-5(2,3)4/h3-6H,1-2H3;2*1H3;(H2,1,2,3,4). The maximum Gasteiger partial charge on any atom is 0.394 e. The fourth-order valence-corrected chi connectivity index (χ4v) is 0.663. The predicted octanol–water partition coefficient (Wildman–Crippen LogP) is 1.97. The van der Waals surface area contributed by atoms with E-state index in [1.54, 1.807) is 0 Å². The van der Waals surface area contributed by atoms with E-state index in [1.807, 2.05) is 0 Å². The van der Waals surface area contributed by atoms with Crippen LogP contribution in [0.15, 0.2) is 24.3 Å². The first-order valence-corrected chi connectivity index (χ1v) is 4.92. The first-order chi connectivity index (χ1) is 5.80. The summed E-state index contributed by atoms with van der Waals surface area (Å²) in [5.41, 5.74) is 2.74. The van der Waals surface area contributed by atoms with Gasteiger partial charge in [0.15, 0.2) is 0 Å². The normalized spacial score (nSPS) is 8.80. The molecule has 0 radical (unpaired) electrons. The van der Waals surface area contributed by atoms with Crippen molar-refractivity contribution in [1.29, 1.82) is 0 Å². The van der Waals surface area contributed by atoms with Crippen LogP contribution in [0.25, 0.3) is 0 Å². The van der Waals surface area contributed by atoms with E-state index in [2.05, 4.69) is 38.1 Å². The second-order valence-electron chi connectivity index (χ2n) is 2.53. The monoisotopic (exact) mass is 238 g/mol. The number of aryl methyl sites for hydroxylation is 2. The van der Waals surface area contributed by atoms with Crippen molar-refractivity contribution in [2.45, 2.75) is 13.8 Å². The molecular formula is C8H18N2O4S. The lowest BCUT2D eigenvalue weighted by molar-refractivity contribution is 0.381. The van der Waals surface area contributed by atoms with Gasteiger partial charge in [0, 0.05) is 0 Å². The summed E-state index contributed by atoms with van der Waals surface area (Å²) < 4.78 is 31.6. The van der Waals surface area contributed by atoms with Crippen LogP contribution in [0.2, 0.25) is 0 Å².